The third-order valence-electron chi connectivity index (χ3n) is 6.76. The van der Waals surface area contributed by atoms with E-state index in [0.29, 0.717) is 17.1 Å². The molecule has 35 heavy (non-hydrogen) atoms. The van der Waals surface area contributed by atoms with Gasteiger partial charge in [-0.05, 0) is 67.3 Å². The van der Waals surface area contributed by atoms with E-state index in [2.05, 4.69) is 12.2 Å². The summed E-state index contributed by atoms with van der Waals surface area (Å²) in [5, 5.41) is 2.90. The Bertz CT molecular complexity index is 1340. The van der Waals surface area contributed by atoms with Crippen LogP contribution in [0, 0.1) is 13.8 Å². The van der Waals surface area contributed by atoms with Crippen molar-refractivity contribution >= 4 is 46.5 Å². The lowest BCUT2D eigenvalue weighted by molar-refractivity contribution is -0.124. The molecule has 7 heteroatoms. The lowest BCUT2D eigenvalue weighted by atomic mass is 10.0. The number of rotatable bonds is 5. The Labute approximate surface area is 209 Å². The summed E-state index contributed by atoms with van der Waals surface area (Å²) in [6.45, 7) is 5.95. The van der Waals surface area contributed by atoms with E-state index in [0.717, 1.165) is 23.1 Å². The van der Waals surface area contributed by atoms with E-state index in [1.807, 2.05) is 80.6 Å². The Hall–Kier alpha value is -3.58. The number of thioether (sulfide) groups is 1. The third-order valence-corrected chi connectivity index (χ3v) is 8.15. The van der Waals surface area contributed by atoms with Crippen molar-refractivity contribution in [3.63, 3.8) is 0 Å². The second kappa shape index (κ2) is 8.89. The number of carbonyl (C=O) groups excluding carboxylic acids is 3. The number of benzene rings is 3. The maximum atomic E-state index is 14.1. The number of amides is 3. The zero-order valence-electron chi connectivity index (χ0n) is 20.0. The van der Waals surface area contributed by atoms with Crippen molar-refractivity contribution in [2.24, 2.45) is 0 Å². The van der Waals surface area contributed by atoms with Crippen molar-refractivity contribution in [3.8, 4) is 0 Å². The minimum atomic E-state index is -1.22. The first-order valence-electron chi connectivity index (χ1n) is 11.7. The summed E-state index contributed by atoms with van der Waals surface area (Å²) < 4.78 is 0. The standard InChI is InChI=1S/C28H27N3O3S/c1-4-20-10-12-21(13-11-20)29-25(32)16-30-24-8-6-5-7-23(24)28(27(30)34)31(26(33)17-35-28)22-14-9-18(2)19(3)15-22/h5-15H,4,16-17H2,1-3H3,(H,29,32). The van der Waals surface area contributed by atoms with Gasteiger partial charge in [-0.3, -0.25) is 24.2 Å². The van der Waals surface area contributed by atoms with Crippen molar-refractivity contribution < 1.29 is 14.4 Å². The maximum Gasteiger partial charge on any atom is 0.269 e. The predicted molar refractivity (Wildman–Crippen MR) is 141 cm³/mol. The molecule has 1 fully saturated rings. The average Bonchev–Trinajstić information content (AvgIpc) is 3.32. The molecule has 178 valence electrons. The molecule has 5 rings (SSSR count). The van der Waals surface area contributed by atoms with E-state index in [-0.39, 0.29) is 30.0 Å². The third kappa shape index (κ3) is 3.80. The molecule has 3 aromatic carbocycles. The molecular weight excluding hydrogens is 458 g/mol. The molecule has 2 aliphatic rings. The fourth-order valence-electron chi connectivity index (χ4n) is 4.74. The minimum absolute atomic E-state index is 0.122. The maximum absolute atomic E-state index is 14.1. The van der Waals surface area contributed by atoms with Gasteiger partial charge in [-0.2, -0.15) is 0 Å². The summed E-state index contributed by atoms with van der Waals surface area (Å²) in [5.74, 6) is -0.494. The normalized spacial score (nSPS) is 18.9. The van der Waals surface area contributed by atoms with Gasteiger partial charge in [0.2, 0.25) is 16.7 Å². The average molecular weight is 486 g/mol. The molecule has 6 nitrogen and oxygen atoms in total. The van der Waals surface area contributed by atoms with Crippen LogP contribution in [0.25, 0.3) is 0 Å². The SMILES string of the molecule is CCc1ccc(NC(=O)CN2C(=O)C3(SCC(=O)N3c3ccc(C)c(C)c3)c3ccccc32)cc1. The van der Waals surface area contributed by atoms with E-state index in [1.54, 1.807) is 4.90 Å². The molecule has 1 atom stereocenters. The molecule has 1 unspecified atom stereocenters. The monoisotopic (exact) mass is 485 g/mol. The molecule has 0 aliphatic carbocycles. The van der Waals surface area contributed by atoms with Gasteiger partial charge in [-0.1, -0.05) is 43.3 Å². The molecule has 1 spiro atoms. The highest BCUT2D eigenvalue weighted by Crippen LogP contribution is 2.55. The number of anilines is 3. The molecule has 0 saturated carbocycles. The second-order valence-corrected chi connectivity index (χ2v) is 10.1. The Morgan fingerprint density at radius 1 is 1.00 bits per heavy atom. The molecule has 2 heterocycles. The summed E-state index contributed by atoms with van der Waals surface area (Å²) in [7, 11) is 0. The highest BCUT2D eigenvalue weighted by molar-refractivity contribution is 8.02. The number of nitrogens with one attached hydrogen (secondary N) is 1. The van der Waals surface area contributed by atoms with Crippen LogP contribution >= 0.6 is 11.8 Å². The van der Waals surface area contributed by atoms with Gasteiger partial charge in [0.1, 0.15) is 6.54 Å². The number of nitrogens with zero attached hydrogens (tertiary/aromatic N) is 2. The van der Waals surface area contributed by atoms with Crippen LogP contribution in [0.4, 0.5) is 17.1 Å². The minimum Gasteiger partial charge on any atom is -0.325 e. The Balaban J connectivity index is 1.49. The summed E-state index contributed by atoms with van der Waals surface area (Å²) in [4.78, 5) is 42.1. The fraction of sp³-hybridized carbons (Fsp3) is 0.250. The molecule has 1 saturated heterocycles. The quantitative estimate of drug-likeness (QED) is 0.565. The van der Waals surface area contributed by atoms with Gasteiger partial charge in [0, 0.05) is 16.9 Å². The summed E-state index contributed by atoms with van der Waals surface area (Å²) in [6.07, 6.45) is 0.919. The van der Waals surface area contributed by atoms with E-state index >= 15 is 0 Å². The van der Waals surface area contributed by atoms with Crippen LogP contribution in [0.1, 0.15) is 29.2 Å². The van der Waals surface area contributed by atoms with Gasteiger partial charge in [0.05, 0.1) is 11.4 Å². The lowest BCUT2D eigenvalue weighted by Crippen LogP contribution is -2.50. The number of fused-ring (bicyclic) bond motifs is 2. The Morgan fingerprint density at radius 3 is 2.46 bits per heavy atom. The fourth-order valence-corrected chi connectivity index (χ4v) is 6.10. The summed E-state index contributed by atoms with van der Waals surface area (Å²) >= 11 is 1.32. The smallest absolute Gasteiger partial charge is 0.269 e. The van der Waals surface area contributed by atoms with E-state index in [4.69, 9.17) is 0 Å². The molecule has 0 radical (unpaired) electrons. The molecule has 3 aromatic rings. The first-order chi connectivity index (χ1) is 16.8. The molecule has 1 N–H and O–H groups in total. The second-order valence-electron chi connectivity index (χ2n) is 8.94. The van der Waals surface area contributed by atoms with Crippen LogP contribution in [0.5, 0.6) is 0 Å². The number of hydrogen-bond donors (Lipinski definition) is 1. The first kappa shape index (κ1) is 23.2. The van der Waals surface area contributed by atoms with Gasteiger partial charge < -0.3 is 5.32 Å². The van der Waals surface area contributed by atoms with E-state index < -0.39 is 4.87 Å². The van der Waals surface area contributed by atoms with Gasteiger partial charge >= 0.3 is 0 Å². The number of hydrogen-bond acceptors (Lipinski definition) is 4. The Kier molecular flexibility index (Phi) is 5.89. The first-order valence-corrected chi connectivity index (χ1v) is 12.7. The zero-order valence-corrected chi connectivity index (χ0v) is 20.8. The number of carbonyl (C=O) groups is 3. The molecular formula is C28H27N3O3S. The molecule has 0 bridgehead atoms. The van der Waals surface area contributed by atoms with Crippen LogP contribution < -0.4 is 15.1 Å². The predicted octanol–water partition coefficient (Wildman–Crippen LogP) is 4.78. The Morgan fingerprint density at radius 2 is 1.74 bits per heavy atom. The van der Waals surface area contributed by atoms with Gasteiger partial charge in [0.15, 0.2) is 0 Å². The van der Waals surface area contributed by atoms with Crippen LogP contribution in [-0.4, -0.2) is 30.0 Å². The van der Waals surface area contributed by atoms with E-state index in [1.165, 1.54) is 22.2 Å². The van der Waals surface area contributed by atoms with Crippen LogP contribution in [0.2, 0.25) is 0 Å². The molecule has 0 aromatic heterocycles. The number of para-hydroxylation sites is 1. The van der Waals surface area contributed by atoms with E-state index in [9.17, 15) is 14.4 Å². The van der Waals surface area contributed by atoms with Gasteiger partial charge in [-0.15, -0.1) is 11.8 Å². The van der Waals surface area contributed by atoms with Crippen molar-refractivity contribution in [3.05, 3.63) is 89.0 Å². The number of aryl methyl sites for hydroxylation is 3. The zero-order chi connectivity index (χ0) is 24.7. The van der Waals surface area contributed by atoms with Crippen molar-refractivity contribution in [2.75, 3.05) is 27.4 Å². The summed E-state index contributed by atoms with van der Waals surface area (Å²) in [6, 6.07) is 20.9. The molecule has 2 aliphatic heterocycles. The van der Waals surface area contributed by atoms with Gasteiger partial charge in [0.25, 0.3) is 5.91 Å². The topological polar surface area (TPSA) is 69.7 Å². The van der Waals surface area contributed by atoms with Crippen LogP contribution in [0.15, 0.2) is 66.7 Å². The van der Waals surface area contributed by atoms with Crippen LogP contribution in [-0.2, 0) is 25.7 Å². The van der Waals surface area contributed by atoms with Crippen molar-refractivity contribution in [1.29, 1.82) is 0 Å². The van der Waals surface area contributed by atoms with Crippen molar-refractivity contribution in [1.82, 2.24) is 0 Å². The van der Waals surface area contributed by atoms with Crippen LogP contribution in [0.3, 0.4) is 0 Å². The summed E-state index contributed by atoms with van der Waals surface area (Å²) in [5.41, 5.74) is 6.11. The van der Waals surface area contributed by atoms with Gasteiger partial charge in [-0.25, -0.2) is 0 Å². The highest BCUT2D eigenvalue weighted by atomic mass is 32.2. The van der Waals surface area contributed by atoms with Crippen molar-refractivity contribution in [2.45, 2.75) is 32.1 Å². The highest BCUT2D eigenvalue weighted by Gasteiger charge is 2.61. The largest absolute Gasteiger partial charge is 0.325 e. The lowest BCUT2D eigenvalue weighted by Gasteiger charge is -2.33. The molecule has 3 amide bonds.